The molecule has 0 aliphatic rings. The molecule has 2 rings (SSSR count). The van der Waals surface area contributed by atoms with E-state index < -0.39 is 0 Å². The fourth-order valence-corrected chi connectivity index (χ4v) is 3.24. The van der Waals surface area contributed by atoms with Crippen LogP contribution < -0.4 is 9.47 Å². The number of hydrogen-bond donors (Lipinski definition) is 0. The third-order valence-electron chi connectivity index (χ3n) is 5.08. The molecule has 0 radical (unpaired) electrons. The van der Waals surface area contributed by atoms with Crippen LogP contribution in [0.3, 0.4) is 0 Å². The van der Waals surface area contributed by atoms with Crippen molar-refractivity contribution in [1.29, 1.82) is 0 Å². The lowest BCUT2D eigenvalue weighted by Gasteiger charge is -2.24. The van der Waals surface area contributed by atoms with Crippen LogP contribution in [0.5, 0.6) is 11.5 Å². The number of furan rings is 1. The minimum atomic E-state index is -0.0936. The maximum atomic E-state index is 12.7. The molecule has 2 aromatic rings. The second-order valence-corrected chi connectivity index (χ2v) is 7.19. The maximum Gasteiger partial charge on any atom is 0.257 e. The van der Waals surface area contributed by atoms with Crippen LogP contribution in [0, 0.1) is 6.92 Å². The van der Waals surface area contributed by atoms with E-state index in [4.69, 9.17) is 13.9 Å². The van der Waals surface area contributed by atoms with Crippen molar-refractivity contribution in [2.45, 2.75) is 33.1 Å². The van der Waals surface area contributed by atoms with Crippen molar-refractivity contribution in [3.63, 3.8) is 0 Å². The number of amides is 2. The van der Waals surface area contributed by atoms with Gasteiger partial charge in [0.05, 0.1) is 26.0 Å². The fourth-order valence-electron chi connectivity index (χ4n) is 3.24. The molecule has 1 aromatic carbocycles. The number of aryl methyl sites for hydroxylation is 1. The lowest BCUT2D eigenvalue weighted by molar-refractivity contribution is -0.130. The summed E-state index contributed by atoms with van der Waals surface area (Å²) >= 11 is 0. The summed E-state index contributed by atoms with van der Waals surface area (Å²) in [6.45, 7) is 5.35. The first-order valence-electron chi connectivity index (χ1n) is 10.2. The highest BCUT2D eigenvalue weighted by Gasteiger charge is 2.20. The van der Waals surface area contributed by atoms with E-state index in [1.807, 2.05) is 25.1 Å². The summed E-state index contributed by atoms with van der Waals surface area (Å²) in [6, 6.07) is 7.43. The van der Waals surface area contributed by atoms with E-state index in [9.17, 15) is 9.59 Å². The summed E-state index contributed by atoms with van der Waals surface area (Å²) in [4.78, 5) is 28.8. The molecule has 1 heterocycles. The molecule has 0 fully saturated rings. The Bertz CT molecular complexity index is 846. The number of rotatable bonds is 11. The second kappa shape index (κ2) is 11.3. The van der Waals surface area contributed by atoms with Gasteiger partial charge < -0.3 is 23.7 Å². The van der Waals surface area contributed by atoms with Crippen LogP contribution in [-0.4, -0.2) is 62.5 Å². The number of methoxy groups -OCH3 is 2. The van der Waals surface area contributed by atoms with Gasteiger partial charge in [0.1, 0.15) is 5.76 Å². The van der Waals surface area contributed by atoms with Crippen LogP contribution in [0.1, 0.15) is 41.4 Å². The first kappa shape index (κ1) is 23.3. The molecule has 0 saturated carbocycles. The Morgan fingerprint density at radius 2 is 1.77 bits per heavy atom. The zero-order chi connectivity index (χ0) is 22.1. The number of ether oxygens (including phenoxy) is 2. The number of carbonyl (C=O) groups is 2. The Balaban J connectivity index is 1.89. The van der Waals surface area contributed by atoms with Gasteiger partial charge in [-0.15, -0.1) is 0 Å². The van der Waals surface area contributed by atoms with Crippen molar-refractivity contribution in [3.05, 3.63) is 47.4 Å². The van der Waals surface area contributed by atoms with Crippen LogP contribution in [0.15, 0.2) is 34.9 Å². The van der Waals surface area contributed by atoms with E-state index in [0.717, 1.165) is 12.0 Å². The van der Waals surface area contributed by atoms with Gasteiger partial charge >= 0.3 is 0 Å². The number of hydrogen-bond acceptors (Lipinski definition) is 5. The molecule has 7 nitrogen and oxygen atoms in total. The monoisotopic (exact) mass is 416 g/mol. The van der Waals surface area contributed by atoms with Crippen LogP contribution in [0.4, 0.5) is 0 Å². The highest BCUT2D eigenvalue weighted by molar-refractivity contribution is 5.95. The average Bonchev–Trinajstić information content (AvgIpc) is 3.19. The minimum Gasteiger partial charge on any atom is -0.493 e. The molecule has 0 atom stereocenters. The molecule has 0 saturated heterocycles. The quantitative estimate of drug-likeness (QED) is 0.560. The first-order valence-corrected chi connectivity index (χ1v) is 10.2. The van der Waals surface area contributed by atoms with Crippen molar-refractivity contribution in [1.82, 2.24) is 9.80 Å². The standard InChI is InChI=1S/C23H32N2O5/c1-6-12-25(23(27)19-11-15-30-17(19)2)14-10-22(26)24(3)13-9-18-7-8-20(28-4)21(16-18)29-5/h7-8,11,15-16H,6,9-10,12-14H2,1-5H3. The van der Waals surface area contributed by atoms with Gasteiger partial charge in [-0.25, -0.2) is 0 Å². The number of likely N-dealkylation sites (N-methyl/N-ethyl adjacent to an activating group) is 1. The third kappa shape index (κ3) is 6.02. The zero-order valence-corrected chi connectivity index (χ0v) is 18.6. The van der Waals surface area contributed by atoms with Gasteiger partial charge in [-0.1, -0.05) is 13.0 Å². The molecule has 2 amide bonds. The van der Waals surface area contributed by atoms with Gasteiger partial charge in [0.25, 0.3) is 5.91 Å². The molecule has 7 heteroatoms. The highest BCUT2D eigenvalue weighted by atomic mass is 16.5. The van der Waals surface area contributed by atoms with Crippen LogP contribution in [0.2, 0.25) is 0 Å². The van der Waals surface area contributed by atoms with E-state index in [1.165, 1.54) is 6.26 Å². The number of carbonyl (C=O) groups excluding carboxylic acids is 2. The van der Waals surface area contributed by atoms with Gasteiger partial charge in [-0.05, 0) is 43.5 Å². The smallest absolute Gasteiger partial charge is 0.257 e. The summed E-state index contributed by atoms with van der Waals surface area (Å²) < 4.78 is 15.8. The Labute approximate surface area is 178 Å². The van der Waals surface area contributed by atoms with E-state index in [2.05, 4.69) is 0 Å². The molecule has 164 valence electrons. The molecule has 0 unspecified atom stereocenters. The van der Waals surface area contributed by atoms with E-state index in [1.54, 1.807) is 44.1 Å². The summed E-state index contributed by atoms with van der Waals surface area (Å²) in [5.41, 5.74) is 1.61. The van der Waals surface area contributed by atoms with Crippen molar-refractivity contribution >= 4 is 11.8 Å². The van der Waals surface area contributed by atoms with Gasteiger partial charge in [-0.3, -0.25) is 9.59 Å². The summed E-state index contributed by atoms with van der Waals surface area (Å²) in [6.07, 6.45) is 3.32. The minimum absolute atomic E-state index is 0.00768. The van der Waals surface area contributed by atoms with Crippen LogP contribution in [-0.2, 0) is 11.2 Å². The Kier molecular flexibility index (Phi) is 8.77. The van der Waals surface area contributed by atoms with Gasteiger partial charge in [0, 0.05) is 33.1 Å². The van der Waals surface area contributed by atoms with Crippen molar-refractivity contribution < 1.29 is 23.5 Å². The van der Waals surface area contributed by atoms with Crippen molar-refractivity contribution in [3.8, 4) is 11.5 Å². The van der Waals surface area contributed by atoms with Gasteiger partial charge in [0.2, 0.25) is 5.91 Å². The largest absolute Gasteiger partial charge is 0.493 e. The first-order chi connectivity index (χ1) is 14.4. The molecule has 30 heavy (non-hydrogen) atoms. The van der Waals surface area contributed by atoms with Crippen molar-refractivity contribution in [2.24, 2.45) is 0 Å². The lowest BCUT2D eigenvalue weighted by Crippen LogP contribution is -2.37. The number of benzene rings is 1. The van der Waals surface area contributed by atoms with Crippen molar-refractivity contribution in [2.75, 3.05) is 40.9 Å². The number of nitrogens with zero attached hydrogens (tertiary/aromatic N) is 2. The Morgan fingerprint density at radius 3 is 2.37 bits per heavy atom. The SMILES string of the molecule is CCCN(CCC(=O)N(C)CCc1ccc(OC)c(OC)c1)C(=O)c1ccoc1C. The summed E-state index contributed by atoms with van der Waals surface area (Å²) in [7, 11) is 4.99. The molecule has 0 bridgehead atoms. The van der Waals surface area contributed by atoms with Gasteiger partial charge in [0.15, 0.2) is 11.5 Å². The normalized spacial score (nSPS) is 10.6. The Morgan fingerprint density at radius 1 is 1.03 bits per heavy atom. The Hall–Kier alpha value is -2.96. The average molecular weight is 417 g/mol. The molecule has 0 spiro atoms. The molecule has 0 aliphatic heterocycles. The predicted octanol–water partition coefficient (Wildman–Crippen LogP) is 3.55. The van der Waals surface area contributed by atoms with Crippen LogP contribution >= 0.6 is 0 Å². The van der Waals surface area contributed by atoms with Gasteiger partial charge in [-0.2, -0.15) is 0 Å². The molecule has 1 aromatic heterocycles. The van der Waals surface area contributed by atoms with Crippen LogP contribution in [0.25, 0.3) is 0 Å². The summed E-state index contributed by atoms with van der Waals surface area (Å²) in [5.74, 6) is 1.86. The van der Waals surface area contributed by atoms with E-state index in [-0.39, 0.29) is 18.2 Å². The fraction of sp³-hybridized carbons (Fsp3) is 0.478. The van der Waals surface area contributed by atoms with E-state index >= 15 is 0 Å². The second-order valence-electron chi connectivity index (χ2n) is 7.19. The molecule has 0 N–H and O–H groups in total. The third-order valence-corrected chi connectivity index (χ3v) is 5.08. The van der Waals surface area contributed by atoms with E-state index in [0.29, 0.717) is 48.9 Å². The predicted molar refractivity (Wildman–Crippen MR) is 115 cm³/mol. The topological polar surface area (TPSA) is 72.2 Å². The maximum absolute atomic E-state index is 12.7. The highest BCUT2D eigenvalue weighted by Crippen LogP contribution is 2.27. The molecule has 0 aliphatic carbocycles. The summed E-state index contributed by atoms with van der Waals surface area (Å²) in [5, 5.41) is 0. The lowest BCUT2D eigenvalue weighted by atomic mass is 10.1. The zero-order valence-electron chi connectivity index (χ0n) is 18.6. The molecular formula is C23H32N2O5. The molecular weight excluding hydrogens is 384 g/mol.